The number of para-hydroxylation sites is 4. The number of hydrogen-bond donors (Lipinski definition) is 3. The van der Waals surface area contributed by atoms with E-state index in [4.69, 9.17) is 13.6 Å². The zero-order valence-electron chi connectivity index (χ0n) is 20.8. The van der Waals surface area contributed by atoms with Gasteiger partial charge in [-0.1, -0.05) is 48.5 Å². The Morgan fingerprint density at radius 2 is 1.28 bits per heavy atom. The fourth-order valence-corrected chi connectivity index (χ4v) is 3.95. The van der Waals surface area contributed by atoms with Crippen LogP contribution in [0.5, 0.6) is 5.75 Å². The van der Waals surface area contributed by atoms with Crippen LogP contribution in [0.1, 0.15) is 11.5 Å². The lowest BCUT2D eigenvalue weighted by molar-refractivity contribution is 0.417. The van der Waals surface area contributed by atoms with E-state index in [9.17, 15) is 0 Å². The van der Waals surface area contributed by atoms with Crippen LogP contribution >= 0.6 is 0 Å². The molecule has 3 heterocycles. The number of nitrogens with zero attached hydrogens (tertiary/aromatic N) is 4. The highest BCUT2D eigenvalue weighted by Gasteiger charge is 2.08. The van der Waals surface area contributed by atoms with Crippen LogP contribution in [0.25, 0.3) is 21.9 Å². The maximum atomic E-state index is 5.79. The molecule has 3 aromatic heterocycles. The van der Waals surface area contributed by atoms with Crippen LogP contribution in [0, 0.1) is 0 Å². The van der Waals surface area contributed by atoms with Gasteiger partial charge in [0.2, 0.25) is 5.95 Å². The molecule has 0 atom stereocenters. The first kappa shape index (κ1) is 23.7. The molecule has 3 aromatic carbocycles. The van der Waals surface area contributed by atoms with Gasteiger partial charge in [0.1, 0.15) is 34.3 Å². The third-order valence-corrected chi connectivity index (χ3v) is 5.71. The number of ether oxygens (including phenoxy) is 1. The van der Waals surface area contributed by atoms with Gasteiger partial charge in [-0.3, -0.25) is 5.43 Å². The Hall–Kier alpha value is -5.64. The van der Waals surface area contributed by atoms with Crippen molar-refractivity contribution in [3.63, 3.8) is 0 Å². The van der Waals surface area contributed by atoms with Gasteiger partial charge in [-0.2, -0.15) is 20.2 Å². The van der Waals surface area contributed by atoms with E-state index in [1.807, 2.05) is 84.9 Å². The van der Waals surface area contributed by atoms with Crippen LogP contribution in [0.3, 0.4) is 0 Å². The monoisotopic (exact) mass is 517 g/mol. The number of rotatable bonds is 9. The molecule has 0 bridgehead atoms. The maximum absolute atomic E-state index is 5.79. The first-order valence-corrected chi connectivity index (χ1v) is 12.1. The summed E-state index contributed by atoms with van der Waals surface area (Å²) >= 11 is 0. The first-order valence-electron chi connectivity index (χ1n) is 12.1. The Kier molecular flexibility index (Phi) is 6.56. The molecule has 0 saturated heterocycles. The molecule has 0 fully saturated rings. The van der Waals surface area contributed by atoms with Crippen LogP contribution < -0.4 is 20.9 Å². The zero-order chi connectivity index (χ0) is 26.4. The van der Waals surface area contributed by atoms with Gasteiger partial charge >= 0.3 is 0 Å². The lowest BCUT2D eigenvalue weighted by atomic mass is 10.2. The van der Waals surface area contributed by atoms with Gasteiger partial charge in [-0.25, -0.2) is 5.43 Å². The minimum absolute atomic E-state index is 0.240. The largest absolute Gasteiger partial charge is 0.495 e. The molecule has 0 radical (unpaired) electrons. The number of aromatic nitrogens is 2. The molecular weight excluding hydrogens is 494 g/mol. The standard InChI is InChI=1S/C29H23N7O3/c1-37-26-13-7-4-10-23(26)32-27-16-28(35-30-17-21-14-19-8-2-5-11-24(19)38-21)34-29(33-27)36-31-18-22-15-20-9-3-6-12-25(20)39-22/h2-18H,1H3,(H3,32,33,34,35,36). The van der Waals surface area contributed by atoms with Crippen molar-refractivity contribution >= 4 is 57.6 Å². The Bertz CT molecular complexity index is 1640. The van der Waals surface area contributed by atoms with Gasteiger partial charge in [0, 0.05) is 16.8 Å². The van der Waals surface area contributed by atoms with Crippen LogP contribution in [0.4, 0.5) is 23.3 Å². The first-order chi connectivity index (χ1) is 19.2. The Labute approximate surface area is 223 Å². The fourth-order valence-electron chi connectivity index (χ4n) is 3.95. The minimum atomic E-state index is 0.240. The van der Waals surface area contributed by atoms with Gasteiger partial charge in [-0.15, -0.1) is 0 Å². The number of anilines is 4. The lowest BCUT2D eigenvalue weighted by Gasteiger charge is -2.12. The topological polar surface area (TPSA) is 122 Å². The molecule has 0 aliphatic rings. The molecule has 0 aliphatic heterocycles. The number of nitrogens with one attached hydrogen (secondary N) is 3. The second-order valence-electron chi connectivity index (χ2n) is 8.40. The molecule has 0 unspecified atom stereocenters. The number of furan rings is 2. The Balaban J connectivity index is 1.24. The Morgan fingerprint density at radius 1 is 0.692 bits per heavy atom. The molecule has 10 heteroatoms. The molecule has 3 N–H and O–H groups in total. The van der Waals surface area contributed by atoms with Gasteiger partial charge in [0.25, 0.3) is 0 Å². The Morgan fingerprint density at radius 3 is 1.95 bits per heavy atom. The lowest BCUT2D eigenvalue weighted by Crippen LogP contribution is -2.04. The van der Waals surface area contributed by atoms with Crippen molar-refractivity contribution in [2.45, 2.75) is 0 Å². The highest BCUT2D eigenvalue weighted by atomic mass is 16.5. The summed E-state index contributed by atoms with van der Waals surface area (Å²) in [5.41, 5.74) is 8.12. The van der Waals surface area contributed by atoms with Crippen LogP contribution in [0.2, 0.25) is 0 Å². The zero-order valence-corrected chi connectivity index (χ0v) is 20.8. The van der Waals surface area contributed by atoms with E-state index in [0.29, 0.717) is 28.9 Å². The van der Waals surface area contributed by atoms with Crippen molar-refractivity contribution in [2.75, 3.05) is 23.3 Å². The summed E-state index contributed by atoms with van der Waals surface area (Å²) in [6.07, 6.45) is 3.15. The number of methoxy groups -OCH3 is 1. The average molecular weight is 518 g/mol. The molecule has 0 aliphatic carbocycles. The van der Waals surface area contributed by atoms with Crippen molar-refractivity contribution in [3.05, 3.63) is 103 Å². The van der Waals surface area contributed by atoms with Crippen molar-refractivity contribution in [1.29, 1.82) is 0 Å². The summed E-state index contributed by atoms with van der Waals surface area (Å²) in [6, 6.07) is 28.6. The number of fused-ring (bicyclic) bond motifs is 2. The second kappa shape index (κ2) is 10.8. The molecule has 39 heavy (non-hydrogen) atoms. The summed E-state index contributed by atoms with van der Waals surface area (Å²) in [6.45, 7) is 0. The van der Waals surface area contributed by atoms with Gasteiger partial charge in [0.15, 0.2) is 5.82 Å². The molecule has 6 rings (SSSR count). The normalized spacial score (nSPS) is 11.5. The molecule has 10 nitrogen and oxygen atoms in total. The average Bonchev–Trinajstić information content (AvgIpc) is 3.57. The predicted octanol–water partition coefficient (Wildman–Crippen LogP) is 6.61. The summed E-state index contributed by atoms with van der Waals surface area (Å²) in [7, 11) is 1.61. The van der Waals surface area contributed by atoms with E-state index in [2.05, 4.69) is 36.3 Å². The predicted molar refractivity (Wildman–Crippen MR) is 153 cm³/mol. The van der Waals surface area contributed by atoms with Crippen LogP contribution in [0.15, 0.2) is 110 Å². The van der Waals surface area contributed by atoms with E-state index < -0.39 is 0 Å². The highest BCUT2D eigenvalue weighted by molar-refractivity contribution is 5.88. The number of benzene rings is 3. The van der Waals surface area contributed by atoms with Gasteiger partial charge in [0.05, 0.1) is 25.2 Å². The van der Waals surface area contributed by atoms with Crippen LogP contribution in [-0.4, -0.2) is 29.5 Å². The summed E-state index contributed by atoms with van der Waals surface area (Å²) < 4.78 is 17.0. The molecular formula is C29H23N7O3. The fraction of sp³-hybridized carbons (Fsp3) is 0.0345. The SMILES string of the molecule is COc1ccccc1Nc1cc(NN=Cc2cc3ccccc3o2)nc(NN=Cc2cc3ccccc3o2)n1. The van der Waals surface area contributed by atoms with E-state index >= 15 is 0 Å². The summed E-state index contributed by atoms with van der Waals surface area (Å²) in [5.74, 6) is 3.04. The van der Waals surface area contributed by atoms with E-state index in [-0.39, 0.29) is 5.95 Å². The summed E-state index contributed by atoms with van der Waals surface area (Å²) in [4.78, 5) is 9.00. The third kappa shape index (κ3) is 5.54. The van der Waals surface area contributed by atoms with Crippen LogP contribution in [-0.2, 0) is 0 Å². The third-order valence-electron chi connectivity index (χ3n) is 5.71. The highest BCUT2D eigenvalue weighted by Crippen LogP contribution is 2.27. The molecule has 6 aromatic rings. The number of hydrazone groups is 2. The van der Waals surface area contributed by atoms with Crippen molar-refractivity contribution < 1.29 is 13.6 Å². The van der Waals surface area contributed by atoms with E-state index in [1.165, 1.54) is 0 Å². The molecule has 0 spiro atoms. The van der Waals surface area contributed by atoms with Crippen molar-refractivity contribution in [2.24, 2.45) is 10.2 Å². The minimum Gasteiger partial charge on any atom is -0.495 e. The van der Waals surface area contributed by atoms with Gasteiger partial charge < -0.3 is 18.9 Å². The maximum Gasteiger partial charge on any atom is 0.247 e. The van der Waals surface area contributed by atoms with Crippen molar-refractivity contribution in [3.8, 4) is 5.75 Å². The quantitative estimate of drug-likeness (QED) is 0.145. The van der Waals surface area contributed by atoms with E-state index in [0.717, 1.165) is 27.6 Å². The van der Waals surface area contributed by atoms with Gasteiger partial charge in [-0.05, 0) is 36.4 Å². The second-order valence-corrected chi connectivity index (χ2v) is 8.40. The molecule has 0 saturated carbocycles. The summed E-state index contributed by atoms with van der Waals surface area (Å²) in [5, 5.41) is 13.8. The molecule has 192 valence electrons. The van der Waals surface area contributed by atoms with Crippen molar-refractivity contribution in [1.82, 2.24) is 9.97 Å². The number of hydrogen-bond acceptors (Lipinski definition) is 10. The smallest absolute Gasteiger partial charge is 0.247 e. The van der Waals surface area contributed by atoms with E-state index in [1.54, 1.807) is 25.6 Å². The molecule has 0 amide bonds.